The molecule has 4 aromatic carbocycles. The summed E-state index contributed by atoms with van der Waals surface area (Å²) in [4.78, 5) is 32.0. The van der Waals surface area contributed by atoms with Crippen LogP contribution >= 0.6 is 0 Å². The molecule has 6 rings (SSSR count). The van der Waals surface area contributed by atoms with E-state index in [9.17, 15) is 27.7 Å². The Hall–Kier alpha value is -5.96. The number of aromatic carboxylic acids is 1. The lowest BCUT2D eigenvalue weighted by molar-refractivity contribution is -0.114. The Bertz CT molecular complexity index is 2120. The summed E-state index contributed by atoms with van der Waals surface area (Å²) in [6.45, 7) is 8.06. The number of benzene rings is 4. The van der Waals surface area contributed by atoms with Crippen molar-refractivity contribution in [1.29, 1.82) is 0 Å². The Labute approximate surface area is 271 Å². The summed E-state index contributed by atoms with van der Waals surface area (Å²) in [6.07, 6.45) is 3.40. The highest BCUT2D eigenvalue weighted by atomic mass is 32.2. The molecule has 0 atom stereocenters. The van der Waals surface area contributed by atoms with Gasteiger partial charge in [0.15, 0.2) is 5.75 Å². The van der Waals surface area contributed by atoms with Crippen LogP contribution in [0.5, 0.6) is 5.75 Å². The standard InChI is InChI=1S/C36H27N3O7S/c1-37-34-33(25-11-6-3-7-12-25)29(39(35(34)40)28-16-13-26(14-17-28)36(41)42)18-20-32-38(21-8-22-47(43,44)45)30-23-27(15-19-31(30)46-32)24-9-4-2-5-10-24/h2-7,9-20,23H,8,21-22H2,(H,41,42)(H,43,44,45)/b29-18-,32-20-. The molecule has 234 valence electrons. The highest BCUT2D eigenvalue weighted by Crippen LogP contribution is 2.43. The maximum Gasteiger partial charge on any atom is 0.335 e. The van der Waals surface area contributed by atoms with Gasteiger partial charge in [-0.3, -0.25) is 14.2 Å². The van der Waals surface area contributed by atoms with E-state index >= 15 is 0 Å². The highest BCUT2D eigenvalue weighted by Gasteiger charge is 2.37. The quantitative estimate of drug-likeness (QED) is 0.153. The minimum absolute atomic E-state index is 0.0437. The first-order chi connectivity index (χ1) is 22.6. The molecule has 2 aliphatic heterocycles. The van der Waals surface area contributed by atoms with E-state index in [0.29, 0.717) is 39.8 Å². The average Bonchev–Trinajstić information content (AvgIpc) is 3.56. The fourth-order valence-corrected chi connectivity index (χ4v) is 6.03. The molecule has 0 radical (unpaired) electrons. The predicted molar refractivity (Wildman–Crippen MR) is 178 cm³/mol. The van der Waals surface area contributed by atoms with Crippen LogP contribution < -0.4 is 14.5 Å². The summed E-state index contributed by atoms with van der Waals surface area (Å²) < 4.78 is 38.7. The molecule has 11 heteroatoms. The van der Waals surface area contributed by atoms with Crippen LogP contribution in [0.15, 0.2) is 133 Å². The van der Waals surface area contributed by atoms with E-state index in [4.69, 9.17) is 11.3 Å². The molecule has 47 heavy (non-hydrogen) atoms. The van der Waals surface area contributed by atoms with Gasteiger partial charge in [0.25, 0.3) is 21.7 Å². The summed E-state index contributed by atoms with van der Waals surface area (Å²) >= 11 is 0. The number of fused-ring (bicyclic) bond motifs is 1. The first-order valence-corrected chi connectivity index (χ1v) is 16.1. The Morgan fingerprint density at radius 3 is 2.15 bits per heavy atom. The zero-order valence-electron chi connectivity index (χ0n) is 24.8. The molecule has 4 aromatic rings. The number of carboxylic acids is 1. The van der Waals surface area contributed by atoms with Crippen molar-refractivity contribution in [2.75, 3.05) is 22.1 Å². The van der Waals surface area contributed by atoms with Gasteiger partial charge in [-0.1, -0.05) is 66.7 Å². The van der Waals surface area contributed by atoms with E-state index in [0.717, 1.165) is 11.1 Å². The Kier molecular flexibility index (Phi) is 8.46. The summed E-state index contributed by atoms with van der Waals surface area (Å²) in [5, 5.41) is 9.40. The molecular formula is C36H27N3O7S. The van der Waals surface area contributed by atoms with Crippen molar-refractivity contribution < 1.29 is 32.4 Å². The number of rotatable bonds is 9. The lowest BCUT2D eigenvalue weighted by atomic mass is 10.0. The SMILES string of the molecule is [C-]#[N+]C1=C(c2ccccc2)/C(=C/C=C2\Oc3ccc(-c4ccccc4)cc3N2CCCS(=O)(=O)O)N(c2ccc(C(=O)O)cc2)C1=O. The number of hydrogen-bond donors (Lipinski definition) is 2. The molecule has 0 aromatic heterocycles. The van der Waals surface area contributed by atoms with E-state index in [1.54, 1.807) is 41.3 Å². The molecule has 0 bridgehead atoms. The first-order valence-electron chi connectivity index (χ1n) is 14.5. The lowest BCUT2D eigenvalue weighted by Crippen LogP contribution is -2.25. The number of carbonyl (C=O) groups excluding carboxylic acids is 1. The number of anilines is 2. The zero-order valence-corrected chi connectivity index (χ0v) is 25.6. The number of amides is 1. The summed E-state index contributed by atoms with van der Waals surface area (Å²) in [7, 11) is -4.20. The van der Waals surface area contributed by atoms with Crippen LogP contribution in [0.3, 0.4) is 0 Å². The van der Waals surface area contributed by atoms with Crippen molar-refractivity contribution in [2.24, 2.45) is 0 Å². The van der Waals surface area contributed by atoms with Crippen molar-refractivity contribution in [3.63, 3.8) is 0 Å². The number of allylic oxidation sites excluding steroid dienone is 3. The van der Waals surface area contributed by atoms with Gasteiger partial charge in [-0.05, 0) is 65.6 Å². The molecule has 2 heterocycles. The van der Waals surface area contributed by atoms with Crippen LogP contribution in [0.25, 0.3) is 21.5 Å². The van der Waals surface area contributed by atoms with E-state index in [1.165, 1.54) is 29.2 Å². The van der Waals surface area contributed by atoms with Crippen molar-refractivity contribution in [3.8, 4) is 16.9 Å². The van der Waals surface area contributed by atoms with Gasteiger partial charge < -0.3 is 14.7 Å². The molecular weight excluding hydrogens is 618 g/mol. The molecule has 0 saturated heterocycles. The Balaban J connectivity index is 1.46. The largest absolute Gasteiger partial charge is 0.478 e. The summed E-state index contributed by atoms with van der Waals surface area (Å²) in [6, 6.07) is 30.2. The van der Waals surface area contributed by atoms with Crippen molar-refractivity contribution in [2.45, 2.75) is 6.42 Å². The van der Waals surface area contributed by atoms with Gasteiger partial charge >= 0.3 is 5.97 Å². The second-order valence-electron chi connectivity index (χ2n) is 10.7. The number of hydrogen-bond acceptors (Lipinski definition) is 6. The minimum Gasteiger partial charge on any atom is -0.478 e. The number of ether oxygens (including phenoxy) is 1. The van der Waals surface area contributed by atoms with E-state index in [2.05, 4.69) is 4.85 Å². The number of nitrogens with zero attached hydrogens (tertiary/aromatic N) is 3. The van der Waals surface area contributed by atoms with Crippen molar-refractivity contribution in [1.82, 2.24) is 0 Å². The van der Waals surface area contributed by atoms with E-state index in [-0.39, 0.29) is 24.2 Å². The molecule has 2 N–H and O–H groups in total. The van der Waals surface area contributed by atoms with Crippen LogP contribution in [0.2, 0.25) is 0 Å². The van der Waals surface area contributed by atoms with E-state index in [1.807, 2.05) is 54.6 Å². The van der Waals surface area contributed by atoms with Crippen LogP contribution in [-0.2, 0) is 14.9 Å². The maximum absolute atomic E-state index is 13.8. The van der Waals surface area contributed by atoms with E-state index < -0.39 is 27.7 Å². The second-order valence-corrected chi connectivity index (χ2v) is 12.3. The maximum atomic E-state index is 13.8. The van der Waals surface area contributed by atoms with Gasteiger partial charge in [0.05, 0.1) is 23.6 Å². The molecule has 0 unspecified atom stereocenters. The second kappa shape index (κ2) is 12.8. The number of carbonyl (C=O) groups is 2. The van der Waals surface area contributed by atoms with Crippen LogP contribution in [0.4, 0.5) is 11.4 Å². The van der Waals surface area contributed by atoms with Gasteiger partial charge in [0.2, 0.25) is 5.88 Å². The Morgan fingerprint density at radius 1 is 0.872 bits per heavy atom. The van der Waals surface area contributed by atoms with Crippen molar-refractivity contribution >= 4 is 38.9 Å². The molecule has 1 amide bonds. The minimum atomic E-state index is -4.20. The smallest absolute Gasteiger partial charge is 0.335 e. The van der Waals surface area contributed by atoms with Crippen LogP contribution in [0.1, 0.15) is 22.3 Å². The van der Waals surface area contributed by atoms with Gasteiger partial charge in [-0.15, -0.1) is 0 Å². The number of carboxylic acid groups (broad SMARTS) is 1. The third-order valence-electron chi connectivity index (χ3n) is 7.69. The highest BCUT2D eigenvalue weighted by molar-refractivity contribution is 7.85. The topological polar surface area (TPSA) is 129 Å². The van der Waals surface area contributed by atoms with Crippen LogP contribution in [0, 0.1) is 6.57 Å². The fraction of sp³-hybridized carbons (Fsp3) is 0.0833. The summed E-state index contributed by atoms with van der Waals surface area (Å²) in [5.74, 6) is -1.26. The molecule has 2 aliphatic rings. The molecule has 10 nitrogen and oxygen atoms in total. The third-order valence-corrected chi connectivity index (χ3v) is 8.50. The van der Waals surface area contributed by atoms with Crippen LogP contribution in [-0.4, -0.2) is 42.3 Å². The summed E-state index contributed by atoms with van der Waals surface area (Å²) in [5.41, 5.74) is 4.29. The molecule has 0 saturated carbocycles. The van der Waals surface area contributed by atoms with Gasteiger partial charge in [-0.25, -0.2) is 9.64 Å². The van der Waals surface area contributed by atoms with Crippen molar-refractivity contribution in [3.05, 3.63) is 155 Å². The normalized spacial score (nSPS) is 16.0. The monoisotopic (exact) mass is 645 g/mol. The fourth-order valence-electron chi connectivity index (χ4n) is 5.54. The van der Waals surface area contributed by atoms with Gasteiger partial charge in [0.1, 0.15) is 0 Å². The third kappa shape index (κ3) is 6.41. The van der Waals surface area contributed by atoms with Gasteiger partial charge in [-0.2, -0.15) is 8.42 Å². The lowest BCUT2D eigenvalue weighted by Gasteiger charge is -2.22. The zero-order chi connectivity index (χ0) is 33.1. The first kappa shape index (κ1) is 31.0. The van der Waals surface area contributed by atoms with Gasteiger partial charge in [0, 0.05) is 29.6 Å². The molecule has 0 aliphatic carbocycles. The predicted octanol–water partition coefficient (Wildman–Crippen LogP) is 6.63. The average molecular weight is 646 g/mol. The molecule has 0 fully saturated rings. The molecule has 0 spiro atoms. The Morgan fingerprint density at radius 2 is 1.53 bits per heavy atom.